The molecule has 0 unspecified atom stereocenters. The SMILES string of the molecule is C[C@H](NC(=O)OCc1ccccc1)C(=O)C[C@H](C)C(=O)OC(C)(C)C. The van der Waals surface area contributed by atoms with Gasteiger partial charge in [-0.3, -0.25) is 9.59 Å². The summed E-state index contributed by atoms with van der Waals surface area (Å²) in [4.78, 5) is 35.8. The van der Waals surface area contributed by atoms with Crippen molar-refractivity contribution in [1.29, 1.82) is 0 Å². The molecule has 0 spiro atoms. The number of amides is 1. The van der Waals surface area contributed by atoms with Crippen LogP contribution in [0.15, 0.2) is 30.3 Å². The highest BCUT2D eigenvalue weighted by Gasteiger charge is 2.26. The number of rotatable bonds is 7. The second kappa shape index (κ2) is 9.20. The summed E-state index contributed by atoms with van der Waals surface area (Å²) in [5, 5.41) is 2.48. The van der Waals surface area contributed by atoms with E-state index in [-0.39, 0.29) is 18.8 Å². The molecule has 1 amide bonds. The third-order valence-corrected chi connectivity index (χ3v) is 3.35. The molecule has 0 radical (unpaired) electrons. The van der Waals surface area contributed by atoms with E-state index in [1.165, 1.54) is 0 Å². The number of carbonyl (C=O) groups excluding carboxylic acids is 3. The first-order chi connectivity index (χ1) is 11.6. The normalized spacial score (nSPS) is 13.5. The summed E-state index contributed by atoms with van der Waals surface area (Å²) in [5.74, 6) is -1.26. The van der Waals surface area contributed by atoms with Gasteiger partial charge in [0.2, 0.25) is 0 Å². The number of ketones is 1. The molecule has 1 aromatic carbocycles. The fourth-order valence-corrected chi connectivity index (χ4v) is 1.99. The molecule has 0 aliphatic heterocycles. The molecule has 0 aliphatic rings. The van der Waals surface area contributed by atoms with Gasteiger partial charge in [0.1, 0.15) is 12.2 Å². The molecular weight excluding hydrogens is 322 g/mol. The van der Waals surface area contributed by atoms with Gasteiger partial charge in [0, 0.05) is 6.42 Å². The molecule has 1 N–H and O–H groups in total. The van der Waals surface area contributed by atoms with Gasteiger partial charge in [-0.1, -0.05) is 37.3 Å². The Hall–Kier alpha value is -2.37. The van der Waals surface area contributed by atoms with Gasteiger partial charge in [-0.2, -0.15) is 0 Å². The van der Waals surface area contributed by atoms with Gasteiger partial charge in [0.05, 0.1) is 12.0 Å². The second-order valence-corrected chi connectivity index (χ2v) is 7.03. The minimum absolute atomic E-state index is 0.00492. The van der Waals surface area contributed by atoms with E-state index in [2.05, 4.69) is 5.32 Å². The van der Waals surface area contributed by atoms with Gasteiger partial charge in [-0.05, 0) is 33.3 Å². The Morgan fingerprint density at radius 3 is 2.24 bits per heavy atom. The Morgan fingerprint density at radius 1 is 1.08 bits per heavy atom. The predicted octanol–water partition coefficient (Wildman–Crippen LogP) is 3.24. The van der Waals surface area contributed by atoms with Gasteiger partial charge in [-0.15, -0.1) is 0 Å². The number of esters is 1. The first-order valence-corrected chi connectivity index (χ1v) is 8.31. The van der Waals surface area contributed by atoms with Crippen molar-refractivity contribution < 1.29 is 23.9 Å². The summed E-state index contributed by atoms with van der Waals surface area (Å²) >= 11 is 0. The molecule has 138 valence electrons. The van der Waals surface area contributed by atoms with Crippen molar-refractivity contribution in [2.45, 2.75) is 59.3 Å². The molecule has 25 heavy (non-hydrogen) atoms. The van der Waals surface area contributed by atoms with Crippen molar-refractivity contribution in [3.8, 4) is 0 Å². The molecule has 0 aromatic heterocycles. The number of carbonyl (C=O) groups is 3. The van der Waals surface area contributed by atoms with Crippen LogP contribution in [0.1, 0.15) is 46.6 Å². The molecule has 0 saturated carbocycles. The molecule has 6 heteroatoms. The molecule has 0 bridgehead atoms. The molecule has 1 aromatic rings. The van der Waals surface area contributed by atoms with Crippen molar-refractivity contribution in [2.75, 3.05) is 0 Å². The van der Waals surface area contributed by atoms with Crippen LogP contribution in [0.5, 0.6) is 0 Å². The van der Waals surface area contributed by atoms with Gasteiger partial charge in [0.15, 0.2) is 5.78 Å². The number of hydrogen-bond acceptors (Lipinski definition) is 5. The van der Waals surface area contributed by atoms with Crippen molar-refractivity contribution in [3.05, 3.63) is 35.9 Å². The molecule has 1 rings (SSSR count). The van der Waals surface area contributed by atoms with Crippen molar-refractivity contribution in [2.24, 2.45) is 5.92 Å². The molecule has 0 aliphatic carbocycles. The fourth-order valence-electron chi connectivity index (χ4n) is 1.99. The van der Waals surface area contributed by atoms with E-state index in [9.17, 15) is 14.4 Å². The van der Waals surface area contributed by atoms with E-state index in [0.29, 0.717) is 0 Å². The highest BCUT2D eigenvalue weighted by atomic mass is 16.6. The zero-order valence-corrected chi connectivity index (χ0v) is 15.5. The number of Topliss-reactive ketones (excluding diaryl/α,β-unsaturated/α-hetero) is 1. The smallest absolute Gasteiger partial charge is 0.408 e. The van der Waals surface area contributed by atoms with Gasteiger partial charge < -0.3 is 14.8 Å². The molecule has 0 saturated heterocycles. The van der Waals surface area contributed by atoms with Crippen LogP contribution >= 0.6 is 0 Å². The third kappa shape index (κ3) is 8.33. The molecule has 0 fully saturated rings. The average Bonchev–Trinajstić information content (AvgIpc) is 2.52. The summed E-state index contributed by atoms with van der Waals surface area (Å²) in [6, 6.07) is 8.50. The van der Waals surface area contributed by atoms with E-state index in [1.54, 1.807) is 34.6 Å². The Kier molecular flexibility index (Phi) is 7.61. The number of ether oxygens (including phenoxy) is 2. The molecule has 0 heterocycles. The highest BCUT2D eigenvalue weighted by Crippen LogP contribution is 2.14. The second-order valence-electron chi connectivity index (χ2n) is 7.03. The molecule has 6 nitrogen and oxygen atoms in total. The van der Waals surface area contributed by atoms with E-state index in [0.717, 1.165) is 5.56 Å². The maximum atomic E-state index is 12.2. The van der Waals surface area contributed by atoms with Crippen LogP contribution in [0.2, 0.25) is 0 Å². The van der Waals surface area contributed by atoms with Crippen LogP contribution in [0, 0.1) is 5.92 Å². The van der Waals surface area contributed by atoms with E-state index in [4.69, 9.17) is 9.47 Å². The van der Waals surface area contributed by atoms with Crippen LogP contribution in [-0.4, -0.2) is 29.5 Å². The summed E-state index contributed by atoms with van der Waals surface area (Å²) in [6.07, 6.45) is -0.677. The number of nitrogens with one attached hydrogen (secondary N) is 1. The van der Waals surface area contributed by atoms with E-state index < -0.39 is 29.6 Å². The quantitative estimate of drug-likeness (QED) is 0.764. The lowest BCUT2D eigenvalue weighted by molar-refractivity contribution is -0.160. The zero-order valence-electron chi connectivity index (χ0n) is 15.5. The van der Waals surface area contributed by atoms with Gasteiger partial charge in [-0.25, -0.2) is 4.79 Å². The Bertz CT molecular complexity index is 592. The van der Waals surface area contributed by atoms with Crippen LogP contribution in [0.4, 0.5) is 4.79 Å². The third-order valence-electron chi connectivity index (χ3n) is 3.35. The fraction of sp³-hybridized carbons (Fsp3) is 0.526. The number of hydrogen-bond donors (Lipinski definition) is 1. The first kappa shape index (κ1) is 20.7. The minimum Gasteiger partial charge on any atom is -0.460 e. The summed E-state index contributed by atoms with van der Waals surface area (Å²) in [5.41, 5.74) is 0.259. The summed E-state index contributed by atoms with van der Waals surface area (Å²) in [7, 11) is 0. The standard InChI is InChI=1S/C19H27NO5/c1-13(17(22)25-19(3,4)5)11-16(21)14(2)20-18(23)24-12-15-9-7-6-8-10-15/h6-10,13-14H,11-12H2,1-5H3,(H,20,23)/t13-,14-/m0/s1. The molecular formula is C19H27NO5. The van der Waals surface area contributed by atoms with Crippen molar-refractivity contribution in [1.82, 2.24) is 5.32 Å². The van der Waals surface area contributed by atoms with Gasteiger partial charge in [0.25, 0.3) is 0 Å². The van der Waals surface area contributed by atoms with Crippen LogP contribution in [-0.2, 0) is 25.7 Å². The van der Waals surface area contributed by atoms with Crippen LogP contribution in [0.3, 0.4) is 0 Å². The maximum absolute atomic E-state index is 12.2. The van der Waals surface area contributed by atoms with Crippen LogP contribution < -0.4 is 5.32 Å². The summed E-state index contributed by atoms with van der Waals surface area (Å²) < 4.78 is 10.3. The highest BCUT2D eigenvalue weighted by molar-refractivity contribution is 5.90. The first-order valence-electron chi connectivity index (χ1n) is 8.31. The average molecular weight is 349 g/mol. The number of alkyl carbamates (subject to hydrolysis) is 1. The van der Waals surface area contributed by atoms with E-state index >= 15 is 0 Å². The van der Waals surface area contributed by atoms with Crippen molar-refractivity contribution in [3.63, 3.8) is 0 Å². The molecule has 2 atom stereocenters. The Morgan fingerprint density at radius 2 is 1.68 bits per heavy atom. The number of benzene rings is 1. The minimum atomic E-state index is -0.742. The van der Waals surface area contributed by atoms with Crippen molar-refractivity contribution >= 4 is 17.8 Å². The van der Waals surface area contributed by atoms with E-state index in [1.807, 2.05) is 30.3 Å². The predicted molar refractivity (Wildman–Crippen MR) is 93.9 cm³/mol. The zero-order chi connectivity index (χ0) is 19.0. The lowest BCUT2D eigenvalue weighted by atomic mass is 10.0. The lowest BCUT2D eigenvalue weighted by Crippen LogP contribution is -2.40. The monoisotopic (exact) mass is 349 g/mol. The maximum Gasteiger partial charge on any atom is 0.408 e. The Balaban J connectivity index is 2.40. The summed E-state index contributed by atoms with van der Waals surface area (Å²) in [6.45, 7) is 8.63. The van der Waals surface area contributed by atoms with Crippen LogP contribution in [0.25, 0.3) is 0 Å². The topological polar surface area (TPSA) is 81.7 Å². The lowest BCUT2D eigenvalue weighted by Gasteiger charge is -2.22. The Labute approximate surface area is 148 Å². The largest absolute Gasteiger partial charge is 0.460 e. The van der Waals surface area contributed by atoms with Gasteiger partial charge >= 0.3 is 12.1 Å².